The van der Waals surface area contributed by atoms with Gasteiger partial charge < -0.3 is 34.3 Å². The lowest BCUT2D eigenvalue weighted by Crippen LogP contribution is -2.38. The molecule has 0 fully saturated rings. The van der Waals surface area contributed by atoms with Gasteiger partial charge in [-0.1, -0.05) is 55.0 Å². The first-order valence-electron chi connectivity index (χ1n) is 15.0. The molecule has 12 nitrogen and oxygen atoms in total. The summed E-state index contributed by atoms with van der Waals surface area (Å²) in [6, 6.07) is 17.9. The number of esters is 3. The molecule has 0 aromatic heterocycles. The number of unbranched alkanes of at least 4 members (excludes halogenated alkanes) is 4. The Bertz CT molecular complexity index is 1180. The van der Waals surface area contributed by atoms with E-state index in [1.165, 1.54) is 0 Å². The van der Waals surface area contributed by atoms with E-state index in [4.69, 9.17) is 18.9 Å². The lowest BCUT2D eigenvalue weighted by molar-refractivity contribution is -0.179. The Labute approximate surface area is 262 Å². The van der Waals surface area contributed by atoms with Gasteiger partial charge in [0.1, 0.15) is 12.4 Å². The number of rotatable bonds is 23. The quantitative estimate of drug-likeness (QED) is 0.0677. The van der Waals surface area contributed by atoms with Crippen LogP contribution in [0, 0.1) is 11.8 Å². The number of aliphatic hydroxyl groups excluding tert-OH is 1. The second-order valence-electron chi connectivity index (χ2n) is 10.4. The highest BCUT2D eigenvalue weighted by atomic mass is 16.6. The zero-order valence-electron chi connectivity index (χ0n) is 25.2. The summed E-state index contributed by atoms with van der Waals surface area (Å²) in [4.78, 5) is 59.7. The molecule has 0 spiro atoms. The van der Waals surface area contributed by atoms with Gasteiger partial charge in [0.25, 0.3) is 0 Å². The topological polar surface area (TPSA) is 183 Å². The molecule has 0 radical (unpaired) electrons. The molecule has 0 amide bonds. The minimum Gasteiger partial charge on any atom is -0.481 e. The van der Waals surface area contributed by atoms with Crippen LogP contribution in [0.15, 0.2) is 60.7 Å². The number of carboxylic acid groups (broad SMARTS) is 2. The van der Waals surface area contributed by atoms with E-state index in [-0.39, 0.29) is 44.6 Å². The number of hydrogen-bond acceptors (Lipinski definition) is 10. The zero-order chi connectivity index (χ0) is 32.9. The van der Waals surface area contributed by atoms with Crippen LogP contribution in [0.1, 0.15) is 69.8 Å². The zero-order valence-corrected chi connectivity index (χ0v) is 25.2. The standard InChI is InChI=1S/C33H42O12/c34-28(35)21-26(32(40)42-19-11-3-9-17-30(38)44-23-24-13-5-1-6-14-24)27(22-29(36)37)33(41)43-20-12-4-10-18-31(39)45-25-15-7-2-8-16-25/h1-2,5-8,13-16,26-27,33,41H,3-4,9-12,17-23H2,(H,34,35)(H,36,37). The number of hydrogen-bond donors (Lipinski definition) is 3. The van der Waals surface area contributed by atoms with Crippen LogP contribution in [0.3, 0.4) is 0 Å². The van der Waals surface area contributed by atoms with Gasteiger partial charge in [-0.2, -0.15) is 0 Å². The normalized spacial score (nSPS) is 12.8. The van der Waals surface area contributed by atoms with Gasteiger partial charge in [-0.15, -0.1) is 0 Å². The predicted molar refractivity (Wildman–Crippen MR) is 160 cm³/mol. The predicted octanol–water partition coefficient (Wildman–Crippen LogP) is 4.52. The molecule has 12 heteroatoms. The maximum absolute atomic E-state index is 12.8. The third kappa shape index (κ3) is 16.4. The molecule has 246 valence electrons. The van der Waals surface area contributed by atoms with Crippen LogP contribution in [-0.4, -0.2) is 64.7 Å². The van der Waals surface area contributed by atoms with Gasteiger partial charge in [-0.05, 0) is 49.8 Å². The van der Waals surface area contributed by atoms with Crippen LogP contribution in [0.25, 0.3) is 0 Å². The minimum atomic E-state index is -1.73. The number of aliphatic hydroxyl groups is 1. The second kappa shape index (κ2) is 21.4. The SMILES string of the molecule is O=C(O)CC(C(=O)OCCCCCC(=O)OCc1ccccc1)C(CC(=O)O)C(O)OCCCCCC(=O)Oc1ccccc1. The van der Waals surface area contributed by atoms with Crippen molar-refractivity contribution in [1.29, 1.82) is 0 Å². The van der Waals surface area contributed by atoms with Crippen molar-refractivity contribution >= 4 is 29.8 Å². The summed E-state index contributed by atoms with van der Waals surface area (Å²) < 4.78 is 21.0. The Morgan fingerprint density at radius 1 is 0.644 bits per heavy atom. The first-order chi connectivity index (χ1) is 21.7. The van der Waals surface area contributed by atoms with Crippen LogP contribution in [0.5, 0.6) is 5.75 Å². The summed E-state index contributed by atoms with van der Waals surface area (Å²) in [6.07, 6.45) is 0.0217. The molecule has 3 atom stereocenters. The van der Waals surface area contributed by atoms with Crippen molar-refractivity contribution < 1.29 is 58.2 Å². The molecule has 3 unspecified atom stereocenters. The van der Waals surface area contributed by atoms with Crippen LogP contribution in [-0.2, 0) is 44.8 Å². The van der Waals surface area contributed by atoms with Crippen molar-refractivity contribution in [1.82, 2.24) is 0 Å². The van der Waals surface area contributed by atoms with Crippen LogP contribution < -0.4 is 4.74 Å². The molecule has 45 heavy (non-hydrogen) atoms. The average Bonchev–Trinajstić information content (AvgIpc) is 3.01. The number of para-hydroxylation sites is 1. The van der Waals surface area contributed by atoms with Gasteiger partial charge in [0.05, 0.1) is 25.4 Å². The number of aliphatic carboxylic acids is 2. The van der Waals surface area contributed by atoms with E-state index in [1.54, 1.807) is 30.3 Å². The monoisotopic (exact) mass is 630 g/mol. The number of carbonyl (C=O) groups excluding carboxylic acids is 3. The Morgan fingerprint density at radius 3 is 1.84 bits per heavy atom. The molecule has 2 aromatic rings. The fourth-order valence-corrected chi connectivity index (χ4v) is 4.43. The highest BCUT2D eigenvalue weighted by Crippen LogP contribution is 2.27. The summed E-state index contributed by atoms with van der Waals surface area (Å²) in [7, 11) is 0. The van der Waals surface area contributed by atoms with E-state index >= 15 is 0 Å². The summed E-state index contributed by atoms with van der Waals surface area (Å²) >= 11 is 0. The van der Waals surface area contributed by atoms with Crippen molar-refractivity contribution in [2.24, 2.45) is 11.8 Å². The third-order valence-electron chi connectivity index (χ3n) is 6.79. The molecule has 0 aliphatic heterocycles. The van der Waals surface area contributed by atoms with E-state index in [9.17, 15) is 39.3 Å². The lowest BCUT2D eigenvalue weighted by atomic mass is 9.86. The van der Waals surface area contributed by atoms with Gasteiger partial charge in [-0.25, -0.2) is 0 Å². The fourth-order valence-electron chi connectivity index (χ4n) is 4.43. The molecule has 0 heterocycles. The molecule has 2 rings (SSSR count). The van der Waals surface area contributed by atoms with Crippen LogP contribution in [0.2, 0.25) is 0 Å². The molecule has 0 bridgehead atoms. The van der Waals surface area contributed by atoms with Gasteiger partial charge >= 0.3 is 29.8 Å². The maximum atomic E-state index is 12.8. The third-order valence-corrected chi connectivity index (χ3v) is 6.79. The van der Waals surface area contributed by atoms with E-state index in [0.717, 1.165) is 5.56 Å². The highest BCUT2D eigenvalue weighted by Gasteiger charge is 2.38. The van der Waals surface area contributed by atoms with Gasteiger partial charge in [-0.3, -0.25) is 24.0 Å². The molecule has 0 saturated heterocycles. The largest absolute Gasteiger partial charge is 0.481 e. The maximum Gasteiger partial charge on any atom is 0.311 e. The summed E-state index contributed by atoms with van der Waals surface area (Å²) in [5.74, 6) is -6.79. The van der Waals surface area contributed by atoms with E-state index < -0.39 is 48.9 Å². The lowest BCUT2D eigenvalue weighted by Gasteiger charge is -2.27. The molecule has 0 aliphatic carbocycles. The van der Waals surface area contributed by atoms with Gasteiger partial charge in [0.2, 0.25) is 0 Å². The smallest absolute Gasteiger partial charge is 0.311 e. The number of benzene rings is 2. The van der Waals surface area contributed by atoms with E-state index in [0.29, 0.717) is 44.3 Å². The Morgan fingerprint density at radius 2 is 1.22 bits per heavy atom. The van der Waals surface area contributed by atoms with Gasteiger partial charge in [0.15, 0.2) is 6.29 Å². The van der Waals surface area contributed by atoms with Crippen molar-refractivity contribution in [2.45, 2.75) is 77.1 Å². The molecule has 3 N–H and O–H groups in total. The van der Waals surface area contributed by atoms with E-state index in [2.05, 4.69) is 0 Å². The number of carbonyl (C=O) groups is 5. The summed E-state index contributed by atoms with van der Waals surface area (Å²) in [5.41, 5.74) is 0.879. The number of ether oxygens (including phenoxy) is 4. The summed E-state index contributed by atoms with van der Waals surface area (Å²) in [5, 5.41) is 29.3. The highest BCUT2D eigenvalue weighted by molar-refractivity contribution is 5.80. The van der Waals surface area contributed by atoms with Gasteiger partial charge in [0, 0.05) is 25.4 Å². The first kappa shape index (κ1) is 36.9. The minimum absolute atomic E-state index is 0.00631. The van der Waals surface area contributed by atoms with Crippen LogP contribution >= 0.6 is 0 Å². The second-order valence-corrected chi connectivity index (χ2v) is 10.4. The Balaban J connectivity index is 1.73. The number of carboxylic acids is 2. The fraction of sp³-hybridized carbons (Fsp3) is 0.485. The average molecular weight is 631 g/mol. The van der Waals surface area contributed by atoms with Crippen LogP contribution in [0.4, 0.5) is 0 Å². The van der Waals surface area contributed by atoms with Crippen molar-refractivity contribution in [3.63, 3.8) is 0 Å². The van der Waals surface area contributed by atoms with Crippen molar-refractivity contribution in [3.05, 3.63) is 66.2 Å². The molecule has 0 aliphatic rings. The first-order valence-corrected chi connectivity index (χ1v) is 15.0. The van der Waals surface area contributed by atoms with Crippen molar-refractivity contribution in [2.75, 3.05) is 13.2 Å². The Kier molecular flexibility index (Phi) is 17.6. The molecule has 0 saturated carbocycles. The Hall–Kier alpha value is -4.29. The van der Waals surface area contributed by atoms with E-state index in [1.807, 2.05) is 30.3 Å². The molecular formula is C33H42O12. The summed E-state index contributed by atoms with van der Waals surface area (Å²) in [6.45, 7) is 0.103. The van der Waals surface area contributed by atoms with Crippen molar-refractivity contribution in [3.8, 4) is 5.75 Å². The molecular weight excluding hydrogens is 588 g/mol. The molecule has 2 aromatic carbocycles.